The molecule has 0 saturated carbocycles. The summed E-state index contributed by atoms with van der Waals surface area (Å²) >= 11 is 8.79. The average Bonchev–Trinajstić information content (AvgIpc) is 3.28. The van der Waals surface area contributed by atoms with Crippen molar-refractivity contribution in [1.29, 1.82) is 0 Å². The third-order valence-corrected chi connectivity index (χ3v) is 5.55. The first kappa shape index (κ1) is 17.1. The minimum atomic E-state index is -0.0164. The van der Waals surface area contributed by atoms with Gasteiger partial charge in [0.1, 0.15) is 5.01 Å². The van der Waals surface area contributed by atoms with Gasteiger partial charge in [-0.15, -0.1) is 21.5 Å². The molecule has 0 spiro atoms. The highest BCUT2D eigenvalue weighted by atomic mass is 35.5. The molecule has 24 heavy (non-hydrogen) atoms. The van der Waals surface area contributed by atoms with Crippen molar-refractivity contribution in [2.45, 2.75) is 19.8 Å². The first-order valence-electron chi connectivity index (χ1n) is 7.64. The molecule has 0 aliphatic carbocycles. The summed E-state index contributed by atoms with van der Waals surface area (Å²) in [4.78, 5) is 15.2. The zero-order valence-corrected chi connectivity index (χ0v) is 15.5. The Morgan fingerprint density at radius 3 is 2.67 bits per heavy atom. The van der Waals surface area contributed by atoms with E-state index in [-0.39, 0.29) is 5.91 Å². The highest BCUT2D eigenvalue weighted by Crippen LogP contribution is 2.30. The van der Waals surface area contributed by atoms with Crippen LogP contribution in [0.3, 0.4) is 0 Å². The van der Waals surface area contributed by atoms with Gasteiger partial charge in [-0.2, -0.15) is 0 Å². The Balaban J connectivity index is 1.88. The summed E-state index contributed by atoms with van der Waals surface area (Å²) in [5.74, 6) is -0.0164. The van der Waals surface area contributed by atoms with Gasteiger partial charge in [0, 0.05) is 17.1 Å². The van der Waals surface area contributed by atoms with Crippen molar-refractivity contribution in [2.75, 3.05) is 11.4 Å². The Morgan fingerprint density at radius 2 is 2.00 bits per heavy atom. The van der Waals surface area contributed by atoms with E-state index in [4.69, 9.17) is 11.6 Å². The van der Waals surface area contributed by atoms with Crippen LogP contribution in [0.1, 0.15) is 29.4 Å². The smallest absolute Gasteiger partial charge is 0.270 e. The summed E-state index contributed by atoms with van der Waals surface area (Å²) in [6.45, 7) is 2.75. The maximum Gasteiger partial charge on any atom is 0.270 e. The molecule has 3 rings (SSSR count). The summed E-state index contributed by atoms with van der Waals surface area (Å²) in [5, 5.41) is 12.5. The fourth-order valence-electron chi connectivity index (χ4n) is 2.17. The highest BCUT2D eigenvalue weighted by molar-refractivity contribution is 7.18. The summed E-state index contributed by atoms with van der Waals surface area (Å²) in [6, 6.07) is 11.2. The van der Waals surface area contributed by atoms with Gasteiger partial charge in [-0.3, -0.25) is 9.69 Å². The van der Waals surface area contributed by atoms with E-state index in [1.807, 2.05) is 41.8 Å². The molecular weight excluding hydrogens is 362 g/mol. The molecule has 0 radical (unpaired) electrons. The number of nitrogens with zero attached hydrogens (tertiary/aromatic N) is 3. The molecule has 2 aromatic heterocycles. The van der Waals surface area contributed by atoms with E-state index in [0.29, 0.717) is 21.6 Å². The van der Waals surface area contributed by atoms with Gasteiger partial charge in [0.25, 0.3) is 5.91 Å². The van der Waals surface area contributed by atoms with E-state index in [1.54, 1.807) is 4.90 Å². The Labute approximate surface area is 153 Å². The lowest BCUT2D eigenvalue weighted by Crippen LogP contribution is -2.31. The number of thiophene rings is 1. The number of halogens is 1. The Bertz CT molecular complexity index is 800. The van der Waals surface area contributed by atoms with Crippen LogP contribution in [-0.4, -0.2) is 22.6 Å². The Hall–Kier alpha value is -1.76. The van der Waals surface area contributed by atoms with Crippen molar-refractivity contribution >= 4 is 45.3 Å². The van der Waals surface area contributed by atoms with Crippen LogP contribution in [0.4, 0.5) is 5.13 Å². The van der Waals surface area contributed by atoms with Crippen LogP contribution in [-0.2, 0) is 0 Å². The quantitative estimate of drug-likeness (QED) is 0.580. The lowest BCUT2D eigenvalue weighted by Gasteiger charge is -2.18. The number of unbranched alkanes of at least 4 members (excludes halogenated alkanes) is 1. The van der Waals surface area contributed by atoms with Crippen molar-refractivity contribution in [3.63, 3.8) is 0 Å². The van der Waals surface area contributed by atoms with Crippen LogP contribution in [0.2, 0.25) is 5.02 Å². The number of carbonyl (C=O) groups is 1. The van der Waals surface area contributed by atoms with E-state index >= 15 is 0 Å². The average molecular weight is 378 g/mol. The van der Waals surface area contributed by atoms with E-state index in [2.05, 4.69) is 17.1 Å². The van der Waals surface area contributed by atoms with Crippen molar-refractivity contribution < 1.29 is 4.79 Å². The first-order valence-corrected chi connectivity index (χ1v) is 9.71. The van der Waals surface area contributed by atoms with Gasteiger partial charge in [0.15, 0.2) is 0 Å². The van der Waals surface area contributed by atoms with Gasteiger partial charge in [-0.1, -0.05) is 54.5 Å². The van der Waals surface area contributed by atoms with Gasteiger partial charge in [0.05, 0.1) is 4.88 Å². The molecule has 124 valence electrons. The number of aromatic nitrogens is 2. The second kappa shape index (κ2) is 7.88. The predicted octanol–water partition coefficient (Wildman–Crippen LogP) is 5.37. The van der Waals surface area contributed by atoms with Crippen LogP contribution in [0, 0.1) is 0 Å². The van der Waals surface area contributed by atoms with Gasteiger partial charge in [-0.05, 0) is 30.0 Å². The molecule has 0 aliphatic heterocycles. The maximum absolute atomic E-state index is 12.8. The van der Waals surface area contributed by atoms with Gasteiger partial charge >= 0.3 is 0 Å². The van der Waals surface area contributed by atoms with Gasteiger partial charge in [0.2, 0.25) is 5.13 Å². The largest absolute Gasteiger partial charge is 0.282 e. The number of benzene rings is 1. The van der Waals surface area contributed by atoms with E-state index in [0.717, 1.165) is 23.4 Å². The molecule has 7 heteroatoms. The van der Waals surface area contributed by atoms with Crippen LogP contribution in [0.25, 0.3) is 10.6 Å². The highest BCUT2D eigenvalue weighted by Gasteiger charge is 2.22. The number of hydrogen-bond donors (Lipinski definition) is 0. The molecule has 0 fully saturated rings. The van der Waals surface area contributed by atoms with Crippen LogP contribution < -0.4 is 4.90 Å². The summed E-state index contributed by atoms with van der Waals surface area (Å²) in [6.07, 6.45) is 1.93. The minimum Gasteiger partial charge on any atom is -0.282 e. The van der Waals surface area contributed by atoms with Gasteiger partial charge < -0.3 is 0 Å². The predicted molar refractivity (Wildman–Crippen MR) is 101 cm³/mol. The third-order valence-electron chi connectivity index (χ3n) is 3.45. The normalized spacial score (nSPS) is 10.8. The van der Waals surface area contributed by atoms with E-state index < -0.39 is 0 Å². The van der Waals surface area contributed by atoms with Crippen molar-refractivity contribution in [2.24, 2.45) is 0 Å². The molecule has 0 aliphatic rings. The van der Waals surface area contributed by atoms with E-state index in [1.165, 1.54) is 22.7 Å². The molecule has 0 saturated heterocycles. The van der Waals surface area contributed by atoms with Crippen molar-refractivity contribution in [3.05, 3.63) is 51.7 Å². The summed E-state index contributed by atoms with van der Waals surface area (Å²) in [7, 11) is 0. The molecule has 0 atom stereocenters. The second-order valence-electron chi connectivity index (χ2n) is 5.18. The molecule has 1 aromatic carbocycles. The Kier molecular flexibility index (Phi) is 5.60. The molecule has 0 N–H and O–H groups in total. The number of rotatable bonds is 6. The molecule has 2 heterocycles. The second-order valence-corrected chi connectivity index (χ2v) is 7.52. The summed E-state index contributed by atoms with van der Waals surface area (Å²) in [5.41, 5.74) is 0.946. The standard InChI is InChI=1S/C17H16ClN3OS2/c1-2-3-10-21(16(22)14-5-4-11-23-14)17-20-19-15(24-17)12-6-8-13(18)9-7-12/h4-9,11H,2-3,10H2,1H3. The molecule has 4 nitrogen and oxygen atoms in total. The summed E-state index contributed by atoms with van der Waals surface area (Å²) < 4.78 is 0. The monoisotopic (exact) mass is 377 g/mol. The van der Waals surface area contributed by atoms with Crippen LogP contribution in [0.15, 0.2) is 41.8 Å². The SMILES string of the molecule is CCCCN(C(=O)c1cccs1)c1nnc(-c2ccc(Cl)cc2)s1. The fraction of sp³-hybridized carbons (Fsp3) is 0.235. The lowest BCUT2D eigenvalue weighted by molar-refractivity contribution is 0.0990. The van der Waals surface area contributed by atoms with Crippen molar-refractivity contribution in [1.82, 2.24) is 10.2 Å². The maximum atomic E-state index is 12.8. The molecule has 0 bridgehead atoms. The number of anilines is 1. The topological polar surface area (TPSA) is 46.1 Å². The number of amides is 1. The van der Waals surface area contributed by atoms with E-state index in [9.17, 15) is 4.79 Å². The zero-order chi connectivity index (χ0) is 16.9. The lowest BCUT2D eigenvalue weighted by atomic mass is 10.2. The molecule has 3 aromatic rings. The first-order chi connectivity index (χ1) is 11.7. The zero-order valence-electron chi connectivity index (χ0n) is 13.1. The van der Waals surface area contributed by atoms with Crippen LogP contribution >= 0.6 is 34.3 Å². The minimum absolute atomic E-state index is 0.0164. The third kappa shape index (κ3) is 3.83. The fourth-order valence-corrected chi connectivity index (χ4v) is 3.84. The molecule has 0 unspecified atom stereocenters. The van der Waals surface area contributed by atoms with Gasteiger partial charge in [-0.25, -0.2) is 0 Å². The molecule has 1 amide bonds. The van der Waals surface area contributed by atoms with Crippen LogP contribution in [0.5, 0.6) is 0 Å². The van der Waals surface area contributed by atoms with Crippen molar-refractivity contribution in [3.8, 4) is 10.6 Å². The molecular formula is C17H16ClN3OS2. The Morgan fingerprint density at radius 1 is 1.21 bits per heavy atom. The number of carbonyl (C=O) groups excluding carboxylic acids is 1. The number of hydrogen-bond acceptors (Lipinski definition) is 5.